The third-order valence-electron chi connectivity index (χ3n) is 6.31. The Hall–Kier alpha value is -1.73. The molecule has 3 atom stereocenters. The van der Waals surface area contributed by atoms with Crippen LogP contribution in [0.2, 0.25) is 10.0 Å². The van der Waals surface area contributed by atoms with E-state index in [1.165, 1.54) is 6.07 Å². The molecule has 32 heavy (non-hydrogen) atoms. The molecule has 2 aromatic rings. The van der Waals surface area contributed by atoms with Gasteiger partial charge in [0.2, 0.25) is 10.0 Å². The largest absolute Gasteiger partial charge is 0.506 e. The molecule has 1 aliphatic carbocycles. The zero-order valence-corrected chi connectivity index (χ0v) is 20.5. The fraction of sp³-hybridized carbons (Fsp3) is 0.417. The van der Waals surface area contributed by atoms with E-state index in [-0.39, 0.29) is 28.6 Å². The van der Waals surface area contributed by atoms with Crippen LogP contribution in [0.25, 0.3) is 0 Å². The standard InChI is InChI=1S/C24H28Cl2N2O3S/c1-3-10-28(11-4-2)32(30,31)16-8-9-22-19(14-16)17-6-5-7-18(17)23(27-22)20-12-15(25)13-21(26)24(20)29/h5-6,8-9,12-14,17-18,23,27,29H,3-4,7,10-11H2,1-2H3. The van der Waals surface area contributed by atoms with Crippen LogP contribution < -0.4 is 5.32 Å². The number of anilines is 1. The monoisotopic (exact) mass is 494 g/mol. The molecular formula is C24H28Cl2N2O3S. The van der Waals surface area contributed by atoms with Crippen molar-refractivity contribution in [2.45, 2.75) is 50.0 Å². The number of hydrogen-bond acceptors (Lipinski definition) is 4. The number of nitrogens with zero attached hydrogens (tertiary/aromatic N) is 1. The first-order valence-electron chi connectivity index (χ1n) is 11.0. The van der Waals surface area contributed by atoms with Gasteiger partial charge in [-0.3, -0.25) is 0 Å². The minimum atomic E-state index is -3.56. The summed E-state index contributed by atoms with van der Waals surface area (Å²) in [6.07, 6.45) is 6.59. The molecule has 0 saturated carbocycles. The number of fused-ring (bicyclic) bond motifs is 3. The van der Waals surface area contributed by atoms with Crippen molar-refractivity contribution in [3.8, 4) is 5.75 Å². The van der Waals surface area contributed by atoms with Gasteiger partial charge in [0.15, 0.2) is 0 Å². The van der Waals surface area contributed by atoms with Gasteiger partial charge >= 0.3 is 0 Å². The minimum absolute atomic E-state index is 0.0247. The summed E-state index contributed by atoms with van der Waals surface area (Å²) in [5.41, 5.74) is 2.47. The number of aromatic hydroxyl groups is 1. The summed E-state index contributed by atoms with van der Waals surface area (Å²) in [6.45, 7) is 4.99. The molecule has 5 nitrogen and oxygen atoms in total. The summed E-state index contributed by atoms with van der Waals surface area (Å²) < 4.78 is 28.2. The van der Waals surface area contributed by atoms with Gasteiger partial charge in [0.05, 0.1) is 16.0 Å². The molecule has 0 radical (unpaired) electrons. The molecule has 1 aliphatic heterocycles. The maximum atomic E-state index is 13.3. The first-order valence-corrected chi connectivity index (χ1v) is 13.2. The van der Waals surface area contributed by atoms with Gasteiger partial charge in [0, 0.05) is 35.3 Å². The van der Waals surface area contributed by atoms with E-state index >= 15 is 0 Å². The van der Waals surface area contributed by atoms with Crippen LogP contribution in [0.1, 0.15) is 56.2 Å². The molecule has 4 rings (SSSR count). The Labute approximate surface area is 200 Å². The predicted octanol–water partition coefficient (Wildman–Crippen LogP) is 6.34. The number of phenols is 1. The van der Waals surface area contributed by atoms with E-state index in [1.807, 2.05) is 26.0 Å². The Kier molecular flexibility index (Phi) is 6.78. The van der Waals surface area contributed by atoms with Crippen molar-refractivity contribution in [1.82, 2.24) is 4.31 Å². The summed E-state index contributed by atoms with van der Waals surface area (Å²) >= 11 is 12.4. The molecule has 0 fully saturated rings. The van der Waals surface area contributed by atoms with Gasteiger partial charge in [-0.15, -0.1) is 0 Å². The zero-order valence-electron chi connectivity index (χ0n) is 18.2. The molecule has 1 heterocycles. The lowest BCUT2D eigenvalue weighted by molar-refractivity contribution is 0.401. The normalized spacial score (nSPS) is 22.0. The van der Waals surface area contributed by atoms with Gasteiger partial charge in [0.25, 0.3) is 0 Å². The van der Waals surface area contributed by atoms with E-state index in [0.717, 1.165) is 30.5 Å². The summed E-state index contributed by atoms with van der Waals surface area (Å²) in [7, 11) is -3.56. The topological polar surface area (TPSA) is 69.6 Å². The summed E-state index contributed by atoms with van der Waals surface area (Å²) in [5.74, 6) is 0.175. The number of benzene rings is 2. The van der Waals surface area contributed by atoms with Crippen molar-refractivity contribution < 1.29 is 13.5 Å². The molecular weight excluding hydrogens is 467 g/mol. The van der Waals surface area contributed by atoms with E-state index in [4.69, 9.17) is 23.2 Å². The quantitative estimate of drug-likeness (QED) is 0.440. The Balaban J connectivity index is 1.75. The average Bonchev–Trinajstić information content (AvgIpc) is 3.25. The Morgan fingerprint density at radius 2 is 1.81 bits per heavy atom. The molecule has 0 bridgehead atoms. The highest BCUT2D eigenvalue weighted by atomic mass is 35.5. The average molecular weight is 495 g/mol. The molecule has 0 saturated heterocycles. The lowest BCUT2D eigenvalue weighted by atomic mass is 9.77. The number of sulfonamides is 1. The van der Waals surface area contributed by atoms with Gasteiger partial charge < -0.3 is 10.4 Å². The highest BCUT2D eigenvalue weighted by Gasteiger charge is 2.40. The highest BCUT2D eigenvalue weighted by Crippen LogP contribution is 2.52. The Morgan fingerprint density at radius 3 is 2.50 bits per heavy atom. The van der Waals surface area contributed by atoms with Crippen molar-refractivity contribution in [2.24, 2.45) is 5.92 Å². The number of hydrogen-bond donors (Lipinski definition) is 2. The van der Waals surface area contributed by atoms with Crippen molar-refractivity contribution in [3.05, 3.63) is 63.7 Å². The third-order valence-corrected chi connectivity index (χ3v) is 8.71. The van der Waals surface area contributed by atoms with Crippen molar-refractivity contribution in [1.29, 1.82) is 0 Å². The molecule has 2 N–H and O–H groups in total. The predicted molar refractivity (Wildman–Crippen MR) is 130 cm³/mol. The van der Waals surface area contributed by atoms with Gasteiger partial charge in [-0.2, -0.15) is 4.31 Å². The van der Waals surface area contributed by atoms with E-state index < -0.39 is 10.0 Å². The number of allylic oxidation sites excluding steroid dienone is 2. The van der Waals surface area contributed by atoms with E-state index in [1.54, 1.807) is 16.4 Å². The van der Waals surface area contributed by atoms with Crippen molar-refractivity contribution in [3.63, 3.8) is 0 Å². The van der Waals surface area contributed by atoms with Crippen molar-refractivity contribution in [2.75, 3.05) is 18.4 Å². The van der Waals surface area contributed by atoms with Crippen LogP contribution in [0.5, 0.6) is 5.75 Å². The number of phenolic OH excluding ortho intramolecular Hbond substituents is 1. The molecule has 0 spiro atoms. The molecule has 172 valence electrons. The van der Waals surface area contributed by atoms with Gasteiger partial charge in [-0.1, -0.05) is 49.2 Å². The highest BCUT2D eigenvalue weighted by molar-refractivity contribution is 7.89. The first-order chi connectivity index (χ1) is 15.3. The van der Waals surface area contributed by atoms with Gasteiger partial charge in [-0.05, 0) is 61.1 Å². The smallest absolute Gasteiger partial charge is 0.243 e. The zero-order chi connectivity index (χ0) is 23.0. The van der Waals surface area contributed by atoms with E-state index in [0.29, 0.717) is 28.6 Å². The van der Waals surface area contributed by atoms with Gasteiger partial charge in [-0.25, -0.2) is 8.42 Å². The fourth-order valence-electron chi connectivity index (χ4n) is 4.86. The third kappa shape index (κ3) is 4.14. The van der Waals surface area contributed by atoms with Crippen LogP contribution in [0.3, 0.4) is 0 Å². The van der Waals surface area contributed by atoms with Crippen LogP contribution in [-0.4, -0.2) is 30.9 Å². The first kappa shape index (κ1) is 23.4. The van der Waals surface area contributed by atoms with Crippen LogP contribution in [0.4, 0.5) is 5.69 Å². The molecule has 0 aromatic heterocycles. The molecule has 0 amide bonds. The number of halogens is 2. The van der Waals surface area contributed by atoms with Crippen LogP contribution in [0, 0.1) is 5.92 Å². The SMILES string of the molecule is CCCN(CCC)S(=O)(=O)c1ccc2c(c1)C1C=CCC1C(c1cc(Cl)cc(Cl)c1O)N2. The number of nitrogens with one attached hydrogen (secondary N) is 1. The molecule has 8 heteroatoms. The Morgan fingerprint density at radius 1 is 1.09 bits per heavy atom. The van der Waals surface area contributed by atoms with Crippen LogP contribution in [-0.2, 0) is 10.0 Å². The van der Waals surface area contributed by atoms with Crippen LogP contribution >= 0.6 is 23.2 Å². The van der Waals surface area contributed by atoms with E-state index in [2.05, 4.69) is 17.5 Å². The Bertz CT molecular complexity index is 1140. The minimum Gasteiger partial charge on any atom is -0.506 e. The molecule has 3 unspecified atom stereocenters. The van der Waals surface area contributed by atoms with Gasteiger partial charge in [0.1, 0.15) is 5.75 Å². The maximum Gasteiger partial charge on any atom is 0.243 e. The van der Waals surface area contributed by atoms with E-state index in [9.17, 15) is 13.5 Å². The molecule has 2 aliphatic rings. The maximum absolute atomic E-state index is 13.3. The second-order valence-corrected chi connectivity index (χ2v) is 11.2. The van der Waals surface area contributed by atoms with Crippen molar-refractivity contribution >= 4 is 38.9 Å². The summed E-state index contributed by atoms with van der Waals surface area (Å²) in [4.78, 5) is 0.325. The second-order valence-electron chi connectivity index (χ2n) is 8.45. The molecule has 2 aromatic carbocycles. The number of rotatable bonds is 7. The lowest BCUT2D eigenvalue weighted by Gasteiger charge is -2.38. The summed E-state index contributed by atoms with van der Waals surface area (Å²) in [5, 5.41) is 14.8. The fourth-order valence-corrected chi connectivity index (χ4v) is 7.03. The van der Waals surface area contributed by atoms with Crippen LogP contribution in [0.15, 0.2) is 47.4 Å². The lowest BCUT2D eigenvalue weighted by Crippen LogP contribution is -2.33. The summed E-state index contributed by atoms with van der Waals surface area (Å²) in [6, 6.07) is 8.38. The second kappa shape index (κ2) is 9.26.